The Bertz CT molecular complexity index is 923. The second kappa shape index (κ2) is 5.00. The normalized spacial score (nSPS) is 11.0. The zero-order chi connectivity index (χ0) is 14.9. The van der Waals surface area contributed by atoms with E-state index in [1.807, 2.05) is 43.6 Å². The number of nitrogens with one attached hydrogen (secondary N) is 1. The number of rotatable bonds is 3. The Morgan fingerprint density at radius 3 is 2.77 bits per heavy atom. The monoisotopic (exact) mass is 291 g/mol. The summed E-state index contributed by atoms with van der Waals surface area (Å²) in [6.07, 6.45) is 6.99. The first-order valence-electron chi connectivity index (χ1n) is 6.84. The van der Waals surface area contributed by atoms with Gasteiger partial charge in [-0.25, -0.2) is 0 Å². The number of aryl methyl sites for hydroxylation is 1. The number of aromatic amines is 1. The minimum Gasteiger partial charge on any atom is -0.452 e. The zero-order valence-electron chi connectivity index (χ0n) is 11.9. The molecule has 3 heterocycles. The molecule has 0 fully saturated rings. The third-order valence-corrected chi connectivity index (χ3v) is 3.41. The van der Waals surface area contributed by atoms with Crippen molar-refractivity contribution in [1.29, 1.82) is 0 Å². The lowest BCUT2D eigenvalue weighted by Gasteiger charge is -2.05. The van der Waals surface area contributed by atoms with Crippen molar-refractivity contribution < 1.29 is 4.74 Å². The van der Waals surface area contributed by atoms with E-state index in [2.05, 4.69) is 20.3 Å². The van der Waals surface area contributed by atoms with Gasteiger partial charge in [-0.05, 0) is 18.2 Å². The number of fused-ring (bicyclic) bond motifs is 1. The Kier molecular flexibility index (Phi) is 2.86. The molecule has 108 valence electrons. The summed E-state index contributed by atoms with van der Waals surface area (Å²) in [6, 6.07) is 9.84. The summed E-state index contributed by atoms with van der Waals surface area (Å²) in [6.45, 7) is 0. The van der Waals surface area contributed by atoms with Crippen LogP contribution in [0.3, 0.4) is 0 Å². The van der Waals surface area contributed by atoms with Gasteiger partial charge in [0.15, 0.2) is 5.75 Å². The smallest absolute Gasteiger partial charge is 0.165 e. The van der Waals surface area contributed by atoms with Crippen LogP contribution in [0.25, 0.3) is 22.2 Å². The molecular weight excluding hydrogens is 278 g/mol. The van der Waals surface area contributed by atoms with E-state index in [1.165, 1.54) is 0 Å². The molecule has 1 N–H and O–H groups in total. The first-order valence-corrected chi connectivity index (χ1v) is 6.84. The molecule has 0 saturated heterocycles. The van der Waals surface area contributed by atoms with Crippen molar-refractivity contribution in [1.82, 2.24) is 25.0 Å². The number of hydrogen-bond donors (Lipinski definition) is 1. The number of ether oxygens (including phenoxy) is 1. The van der Waals surface area contributed by atoms with E-state index < -0.39 is 0 Å². The molecule has 0 saturated carbocycles. The van der Waals surface area contributed by atoms with Crippen LogP contribution in [-0.4, -0.2) is 25.0 Å². The zero-order valence-corrected chi connectivity index (χ0v) is 11.9. The first-order chi connectivity index (χ1) is 10.8. The second-order valence-corrected chi connectivity index (χ2v) is 4.97. The van der Waals surface area contributed by atoms with Gasteiger partial charge in [-0.3, -0.25) is 14.8 Å². The Morgan fingerprint density at radius 1 is 1.05 bits per heavy atom. The molecule has 0 aliphatic carbocycles. The lowest BCUT2D eigenvalue weighted by molar-refractivity contribution is 0.480. The van der Waals surface area contributed by atoms with Crippen LogP contribution in [-0.2, 0) is 7.05 Å². The van der Waals surface area contributed by atoms with Crippen molar-refractivity contribution in [2.45, 2.75) is 0 Å². The van der Waals surface area contributed by atoms with Gasteiger partial charge in [0.2, 0.25) is 0 Å². The highest BCUT2D eigenvalue weighted by molar-refractivity contribution is 5.93. The van der Waals surface area contributed by atoms with E-state index >= 15 is 0 Å². The maximum Gasteiger partial charge on any atom is 0.165 e. The van der Waals surface area contributed by atoms with Crippen LogP contribution in [0.5, 0.6) is 11.5 Å². The molecule has 0 aliphatic rings. The molecule has 0 unspecified atom stereocenters. The Hall–Kier alpha value is -3.15. The predicted molar refractivity (Wildman–Crippen MR) is 82.6 cm³/mol. The van der Waals surface area contributed by atoms with E-state index in [4.69, 9.17) is 4.74 Å². The van der Waals surface area contributed by atoms with Crippen molar-refractivity contribution in [3.63, 3.8) is 0 Å². The van der Waals surface area contributed by atoms with Crippen molar-refractivity contribution in [2.24, 2.45) is 7.05 Å². The molecule has 0 spiro atoms. The van der Waals surface area contributed by atoms with Crippen molar-refractivity contribution in [3.8, 4) is 22.8 Å². The molecule has 0 bridgehead atoms. The lowest BCUT2D eigenvalue weighted by Crippen LogP contribution is -1.87. The molecule has 4 aromatic rings. The summed E-state index contributed by atoms with van der Waals surface area (Å²) >= 11 is 0. The van der Waals surface area contributed by atoms with E-state index in [-0.39, 0.29) is 0 Å². The number of H-pyrrole nitrogens is 1. The van der Waals surface area contributed by atoms with E-state index in [9.17, 15) is 0 Å². The summed E-state index contributed by atoms with van der Waals surface area (Å²) < 4.78 is 7.39. The van der Waals surface area contributed by atoms with Crippen molar-refractivity contribution in [2.75, 3.05) is 0 Å². The third kappa shape index (κ3) is 2.20. The number of benzene rings is 1. The van der Waals surface area contributed by atoms with Crippen molar-refractivity contribution in [3.05, 3.63) is 55.1 Å². The maximum atomic E-state index is 5.70. The van der Waals surface area contributed by atoms with Crippen LogP contribution in [0.2, 0.25) is 0 Å². The van der Waals surface area contributed by atoms with Gasteiger partial charge in [0.25, 0.3) is 0 Å². The summed E-state index contributed by atoms with van der Waals surface area (Å²) in [5, 5.41) is 12.2. The molecule has 1 aromatic carbocycles. The summed E-state index contributed by atoms with van der Waals surface area (Å²) in [5.41, 5.74) is 2.92. The van der Waals surface area contributed by atoms with Gasteiger partial charge >= 0.3 is 0 Å². The standard InChI is InChI=1S/C16H13N5O/c1-21-10-12(8-19-21)22-11-5-6-15(17-7-11)13-3-2-4-16-14(13)9-18-20-16/h2-10H,1H3,(H,18,20). The summed E-state index contributed by atoms with van der Waals surface area (Å²) in [4.78, 5) is 4.49. The van der Waals surface area contributed by atoms with Gasteiger partial charge < -0.3 is 4.74 Å². The minimum absolute atomic E-state index is 0.677. The average molecular weight is 291 g/mol. The lowest BCUT2D eigenvalue weighted by atomic mass is 10.1. The van der Waals surface area contributed by atoms with Gasteiger partial charge in [-0.2, -0.15) is 10.2 Å². The number of aromatic nitrogens is 5. The quantitative estimate of drug-likeness (QED) is 0.629. The van der Waals surface area contributed by atoms with Crippen LogP contribution < -0.4 is 4.74 Å². The van der Waals surface area contributed by atoms with Crippen LogP contribution in [0, 0.1) is 0 Å². The topological polar surface area (TPSA) is 68.6 Å². The molecule has 4 rings (SSSR count). The summed E-state index contributed by atoms with van der Waals surface area (Å²) in [5.74, 6) is 1.37. The number of nitrogens with zero attached hydrogens (tertiary/aromatic N) is 4. The van der Waals surface area contributed by atoms with Gasteiger partial charge in [0.05, 0.1) is 36.0 Å². The molecule has 0 aliphatic heterocycles. The molecule has 0 radical (unpaired) electrons. The van der Waals surface area contributed by atoms with Crippen LogP contribution >= 0.6 is 0 Å². The molecule has 3 aromatic heterocycles. The molecule has 6 nitrogen and oxygen atoms in total. The first kappa shape index (κ1) is 12.6. The largest absolute Gasteiger partial charge is 0.452 e. The van der Waals surface area contributed by atoms with Gasteiger partial charge in [-0.1, -0.05) is 12.1 Å². The van der Waals surface area contributed by atoms with Crippen LogP contribution in [0.1, 0.15) is 0 Å². The van der Waals surface area contributed by atoms with E-state index in [1.54, 1.807) is 23.3 Å². The average Bonchev–Trinajstić information content (AvgIpc) is 3.16. The SMILES string of the molecule is Cn1cc(Oc2ccc(-c3cccc4[nH]ncc34)nc2)cn1. The van der Waals surface area contributed by atoms with Crippen LogP contribution in [0.4, 0.5) is 0 Å². The Labute approximate surface area is 126 Å². The third-order valence-electron chi connectivity index (χ3n) is 3.41. The van der Waals surface area contributed by atoms with Gasteiger partial charge in [0, 0.05) is 18.0 Å². The number of pyridine rings is 1. The predicted octanol–water partition coefficient (Wildman–Crippen LogP) is 3.15. The highest BCUT2D eigenvalue weighted by Crippen LogP contribution is 2.28. The van der Waals surface area contributed by atoms with E-state index in [0.29, 0.717) is 11.5 Å². The maximum absolute atomic E-state index is 5.70. The Balaban J connectivity index is 1.65. The second-order valence-electron chi connectivity index (χ2n) is 4.97. The summed E-state index contributed by atoms with van der Waals surface area (Å²) in [7, 11) is 1.85. The molecular formula is C16H13N5O. The fourth-order valence-corrected chi connectivity index (χ4v) is 2.38. The Morgan fingerprint density at radius 2 is 2.00 bits per heavy atom. The fourth-order valence-electron chi connectivity index (χ4n) is 2.38. The van der Waals surface area contributed by atoms with Gasteiger partial charge in [-0.15, -0.1) is 0 Å². The molecule has 6 heteroatoms. The molecule has 0 amide bonds. The highest BCUT2D eigenvalue weighted by atomic mass is 16.5. The minimum atomic E-state index is 0.677. The molecule has 0 atom stereocenters. The van der Waals surface area contributed by atoms with Crippen LogP contribution in [0.15, 0.2) is 55.1 Å². The van der Waals surface area contributed by atoms with Crippen molar-refractivity contribution >= 4 is 10.9 Å². The molecule has 22 heavy (non-hydrogen) atoms. The van der Waals surface area contributed by atoms with Gasteiger partial charge in [0.1, 0.15) is 5.75 Å². The highest BCUT2D eigenvalue weighted by Gasteiger charge is 2.07. The fraction of sp³-hybridized carbons (Fsp3) is 0.0625. The number of hydrogen-bond acceptors (Lipinski definition) is 4. The van der Waals surface area contributed by atoms with E-state index in [0.717, 1.165) is 22.2 Å².